The molecule has 2 amide bonds. The molecule has 1 saturated heterocycles. The number of hydrogen-bond acceptors (Lipinski definition) is 2. The Morgan fingerprint density at radius 3 is 2.76 bits per heavy atom. The summed E-state index contributed by atoms with van der Waals surface area (Å²) in [5.74, 6) is 0.386. The lowest BCUT2D eigenvalue weighted by Crippen LogP contribution is -2.52. The van der Waals surface area contributed by atoms with E-state index in [1.807, 2.05) is 47.6 Å². The minimum atomic E-state index is 0.0367. The van der Waals surface area contributed by atoms with Crippen LogP contribution in [0.2, 0.25) is 0 Å². The molecule has 1 aliphatic heterocycles. The van der Waals surface area contributed by atoms with Crippen LogP contribution in [0.1, 0.15) is 18.0 Å². The first-order valence-corrected chi connectivity index (χ1v) is 7.37. The number of rotatable bonds is 5. The van der Waals surface area contributed by atoms with E-state index in [-0.39, 0.29) is 6.03 Å². The summed E-state index contributed by atoms with van der Waals surface area (Å²) < 4.78 is 2.12. The summed E-state index contributed by atoms with van der Waals surface area (Å²) >= 11 is 0. The highest BCUT2D eigenvalue weighted by molar-refractivity contribution is 5.75. The Balaban J connectivity index is 1.34. The van der Waals surface area contributed by atoms with Crippen LogP contribution in [-0.2, 0) is 6.54 Å². The highest BCUT2D eigenvalue weighted by atomic mass is 16.2. The number of carbonyl (C=O) groups is 1. The monoisotopic (exact) mass is 284 g/mol. The van der Waals surface area contributed by atoms with Crippen molar-refractivity contribution in [3.05, 3.63) is 54.6 Å². The van der Waals surface area contributed by atoms with E-state index < -0.39 is 0 Å². The lowest BCUT2D eigenvalue weighted by Gasteiger charge is -2.38. The molecule has 3 heterocycles. The lowest BCUT2D eigenvalue weighted by atomic mass is 9.96. The van der Waals surface area contributed by atoms with E-state index in [0.29, 0.717) is 12.5 Å². The number of aromatic nitrogens is 2. The average Bonchev–Trinajstić information content (AvgIpc) is 2.96. The number of carbonyl (C=O) groups excluding carboxylic acids is 1. The Morgan fingerprint density at radius 2 is 2.05 bits per heavy atom. The smallest absolute Gasteiger partial charge is 0.317 e. The van der Waals surface area contributed by atoms with E-state index in [1.54, 1.807) is 6.20 Å². The standard InChI is InChI=1S/C16H20N4O/c21-16(18-8-5-11-19-9-3-4-10-19)20-12-14(13-20)15-6-1-2-7-17-15/h1-4,6-7,9-10,14H,5,8,11-13H2,(H,18,21). The molecule has 1 fully saturated rings. The Kier molecular flexibility index (Phi) is 4.19. The minimum Gasteiger partial charge on any atom is -0.354 e. The van der Waals surface area contributed by atoms with Gasteiger partial charge in [-0.2, -0.15) is 0 Å². The van der Waals surface area contributed by atoms with E-state index in [0.717, 1.165) is 31.7 Å². The molecule has 0 saturated carbocycles. The molecule has 110 valence electrons. The van der Waals surface area contributed by atoms with Crippen molar-refractivity contribution < 1.29 is 4.79 Å². The van der Waals surface area contributed by atoms with Crippen LogP contribution in [0.4, 0.5) is 4.79 Å². The molecule has 5 nitrogen and oxygen atoms in total. The molecule has 0 unspecified atom stereocenters. The number of amides is 2. The molecule has 0 atom stereocenters. The zero-order chi connectivity index (χ0) is 14.5. The van der Waals surface area contributed by atoms with Crippen molar-refractivity contribution in [3.63, 3.8) is 0 Å². The van der Waals surface area contributed by atoms with Crippen LogP contribution in [0.15, 0.2) is 48.9 Å². The Morgan fingerprint density at radius 1 is 1.24 bits per heavy atom. The summed E-state index contributed by atoms with van der Waals surface area (Å²) in [6, 6.07) is 9.99. The van der Waals surface area contributed by atoms with Gasteiger partial charge in [-0.1, -0.05) is 6.07 Å². The number of hydrogen-bond donors (Lipinski definition) is 1. The molecule has 0 aromatic carbocycles. The third-order valence-corrected chi connectivity index (χ3v) is 3.81. The van der Waals surface area contributed by atoms with E-state index in [2.05, 4.69) is 14.9 Å². The van der Waals surface area contributed by atoms with E-state index in [1.165, 1.54) is 0 Å². The third kappa shape index (κ3) is 3.42. The van der Waals surface area contributed by atoms with Crippen LogP contribution < -0.4 is 5.32 Å². The fourth-order valence-corrected chi connectivity index (χ4v) is 2.54. The summed E-state index contributed by atoms with van der Waals surface area (Å²) in [5, 5.41) is 2.97. The molecule has 21 heavy (non-hydrogen) atoms. The number of aryl methyl sites for hydroxylation is 1. The van der Waals surface area contributed by atoms with Crippen molar-refractivity contribution in [2.75, 3.05) is 19.6 Å². The van der Waals surface area contributed by atoms with Crippen LogP contribution in [-0.4, -0.2) is 40.1 Å². The number of nitrogens with one attached hydrogen (secondary N) is 1. The Hall–Kier alpha value is -2.30. The average molecular weight is 284 g/mol. The zero-order valence-corrected chi connectivity index (χ0v) is 12.0. The molecule has 2 aromatic rings. The van der Waals surface area contributed by atoms with Gasteiger partial charge in [0.2, 0.25) is 0 Å². The summed E-state index contributed by atoms with van der Waals surface area (Å²) in [7, 11) is 0. The fraction of sp³-hybridized carbons (Fsp3) is 0.375. The minimum absolute atomic E-state index is 0.0367. The summed E-state index contributed by atoms with van der Waals surface area (Å²) in [6.07, 6.45) is 6.82. The van der Waals surface area contributed by atoms with Crippen LogP contribution in [0.5, 0.6) is 0 Å². The van der Waals surface area contributed by atoms with Crippen molar-refractivity contribution in [1.29, 1.82) is 0 Å². The molecule has 0 spiro atoms. The van der Waals surface area contributed by atoms with Crippen molar-refractivity contribution >= 4 is 6.03 Å². The maximum Gasteiger partial charge on any atom is 0.317 e. The molecule has 0 aliphatic carbocycles. The Labute approximate surface area is 124 Å². The predicted octanol–water partition coefficient (Wildman–Crippen LogP) is 2.08. The molecule has 1 N–H and O–H groups in total. The molecule has 1 aliphatic rings. The summed E-state index contributed by atoms with van der Waals surface area (Å²) in [6.45, 7) is 3.17. The quantitative estimate of drug-likeness (QED) is 0.855. The summed E-state index contributed by atoms with van der Waals surface area (Å²) in [4.78, 5) is 18.1. The van der Waals surface area contributed by atoms with Gasteiger partial charge < -0.3 is 14.8 Å². The second-order valence-corrected chi connectivity index (χ2v) is 5.36. The van der Waals surface area contributed by atoms with Gasteiger partial charge in [0.25, 0.3) is 0 Å². The second-order valence-electron chi connectivity index (χ2n) is 5.36. The SMILES string of the molecule is O=C(NCCCn1cccc1)N1CC(c2ccccn2)C1. The Bertz CT molecular complexity index is 561. The van der Waals surface area contributed by atoms with Gasteiger partial charge in [-0.05, 0) is 30.7 Å². The van der Waals surface area contributed by atoms with Crippen molar-refractivity contribution in [3.8, 4) is 0 Å². The van der Waals surface area contributed by atoms with Gasteiger partial charge in [0.1, 0.15) is 0 Å². The molecular weight excluding hydrogens is 264 g/mol. The lowest BCUT2D eigenvalue weighted by molar-refractivity contribution is 0.150. The first-order valence-electron chi connectivity index (χ1n) is 7.37. The predicted molar refractivity (Wildman–Crippen MR) is 81.0 cm³/mol. The van der Waals surface area contributed by atoms with Gasteiger partial charge in [-0.25, -0.2) is 4.79 Å². The second kappa shape index (κ2) is 6.43. The third-order valence-electron chi connectivity index (χ3n) is 3.81. The molecule has 2 aromatic heterocycles. The van der Waals surface area contributed by atoms with Crippen LogP contribution >= 0.6 is 0 Å². The highest BCUT2D eigenvalue weighted by Crippen LogP contribution is 2.24. The van der Waals surface area contributed by atoms with Gasteiger partial charge in [0.05, 0.1) is 0 Å². The molecule has 5 heteroatoms. The highest BCUT2D eigenvalue weighted by Gasteiger charge is 2.32. The van der Waals surface area contributed by atoms with E-state index in [4.69, 9.17) is 0 Å². The van der Waals surface area contributed by atoms with Gasteiger partial charge in [0, 0.05) is 56.4 Å². The maximum atomic E-state index is 12.0. The first kappa shape index (κ1) is 13.7. The zero-order valence-electron chi connectivity index (χ0n) is 12.0. The van der Waals surface area contributed by atoms with Crippen LogP contribution in [0.3, 0.4) is 0 Å². The van der Waals surface area contributed by atoms with Crippen molar-refractivity contribution in [2.24, 2.45) is 0 Å². The normalized spacial score (nSPS) is 14.8. The van der Waals surface area contributed by atoms with Crippen LogP contribution in [0.25, 0.3) is 0 Å². The van der Waals surface area contributed by atoms with Gasteiger partial charge in [-0.3, -0.25) is 4.98 Å². The molecule has 0 bridgehead atoms. The van der Waals surface area contributed by atoms with Crippen LogP contribution in [0, 0.1) is 0 Å². The van der Waals surface area contributed by atoms with Gasteiger partial charge in [0.15, 0.2) is 0 Å². The van der Waals surface area contributed by atoms with E-state index in [9.17, 15) is 4.79 Å². The first-order chi connectivity index (χ1) is 10.3. The number of nitrogens with zero attached hydrogens (tertiary/aromatic N) is 3. The van der Waals surface area contributed by atoms with Gasteiger partial charge in [-0.15, -0.1) is 0 Å². The molecular formula is C16H20N4O. The number of pyridine rings is 1. The van der Waals surface area contributed by atoms with Gasteiger partial charge >= 0.3 is 6.03 Å². The van der Waals surface area contributed by atoms with Crippen molar-refractivity contribution in [1.82, 2.24) is 19.8 Å². The molecule has 3 rings (SSSR count). The maximum absolute atomic E-state index is 12.0. The number of likely N-dealkylation sites (tertiary alicyclic amines) is 1. The topological polar surface area (TPSA) is 50.2 Å². The van der Waals surface area contributed by atoms with Crippen molar-refractivity contribution in [2.45, 2.75) is 18.9 Å². The number of urea groups is 1. The summed E-state index contributed by atoms with van der Waals surface area (Å²) in [5.41, 5.74) is 1.08. The van der Waals surface area contributed by atoms with E-state index >= 15 is 0 Å². The molecule has 0 radical (unpaired) electrons. The fourth-order valence-electron chi connectivity index (χ4n) is 2.54. The largest absolute Gasteiger partial charge is 0.354 e.